The van der Waals surface area contributed by atoms with Crippen molar-refractivity contribution in [2.75, 3.05) is 7.11 Å². The van der Waals surface area contributed by atoms with E-state index in [1.54, 1.807) is 31.2 Å². The number of hydrogen-bond donors (Lipinski definition) is 1. The predicted molar refractivity (Wildman–Crippen MR) is 115 cm³/mol. The number of nitrogens with zero attached hydrogens (tertiary/aromatic N) is 1. The van der Waals surface area contributed by atoms with E-state index >= 15 is 0 Å². The lowest BCUT2D eigenvalue weighted by Gasteiger charge is -2.13. The molecule has 0 bridgehead atoms. The molecule has 0 fully saturated rings. The van der Waals surface area contributed by atoms with Crippen LogP contribution in [0.3, 0.4) is 0 Å². The molecule has 0 aromatic heterocycles. The molecule has 0 radical (unpaired) electrons. The smallest absolute Gasteiger partial charge is 0.337 e. The summed E-state index contributed by atoms with van der Waals surface area (Å²) in [5.41, 5.74) is 5.81. The highest BCUT2D eigenvalue weighted by molar-refractivity contribution is 5.91. The molecule has 152 valence electrons. The molecule has 3 aromatic rings. The number of nitrogens with one attached hydrogen (secondary N) is 1. The van der Waals surface area contributed by atoms with E-state index in [0.717, 1.165) is 16.7 Å². The van der Waals surface area contributed by atoms with Gasteiger partial charge in [0.25, 0.3) is 5.91 Å². The van der Waals surface area contributed by atoms with Gasteiger partial charge in [-0.1, -0.05) is 54.6 Å². The summed E-state index contributed by atoms with van der Waals surface area (Å²) in [5, 5.41) is 3.93. The topological polar surface area (TPSA) is 77.0 Å². The van der Waals surface area contributed by atoms with E-state index in [9.17, 15) is 9.59 Å². The SMILES string of the molecule is COC(=O)c1ccc(/C=N\NC(=O)[C@@H](C)Oc2ccc(-c3ccccc3)cc2)cc1. The van der Waals surface area contributed by atoms with Crippen LogP contribution in [-0.2, 0) is 9.53 Å². The zero-order chi connectivity index (χ0) is 21.3. The van der Waals surface area contributed by atoms with Crippen LogP contribution in [0.4, 0.5) is 0 Å². The minimum atomic E-state index is -0.716. The number of benzene rings is 3. The minimum absolute atomic E-state index is 0.371. The maximum atomic E-state index is 12.2. The third kappa shape index (κ3) is 5.54. The number of rotatable bonds is 7. The maximum absolute atomic E-state index is 12.2. The van der Waals surface area contributed by atoms with Gasteiger partial charge in [-0.3, -0.25) is 4.79 Å². The Kier molecular flexibility index (Phi) is 6.95. The van der Waals surface area contributed by atoms with Gasteiger partial charge < -0.3 is 9.47 Å². The van der Waals surface area contributed by atoms with Crippen LogP contribution >= 0.6 is 0 Å². The second kappa shape index (κ2) is 10.0. The average molecular weight is 402 g/mol. The first-order valence-corrected chi connectivity index (χ1v) is 9.40. The van der Waals surface area contributed by atoms with Crippen LogP contribution in [0.2, 0.25) is 0 Å². The highest BCUT2D eigenvalue weighted by Crippen LogP contribution is 2.22. The fraction of sp³-hybridized carbons (Fsp3) is 0.125. The zero-order valence-electron chi connectivity index (χ0n) is 16.7. The third-order valence-corrected chi connectivity index (χ3v) is 4.36. The van der Waals surface area contributed by atoms with Crippen LogP contribution < -0.4 is 10.2 Å². The van der Waals surface area contributed by atoms with Gasteiger partial charge >= 0.3 is 5.97 Å². The summed E-state index contributed by atoms with van der Waals surface area (Å²) in [5.74, 6) is -0.182. The van der Waals surface area contributed by atoms with Gasteiger partial charge in [-0.05, 0) is 47.9 Å². The van der Waals surface area contributed by atoms with Crippen LogP contribution in [0.1, 0.15) is 22.8 Å². The van der Waals surface area contributed by atoms with Gasteiger partial charge in [-0.2, -0.15) is 5.10 Å². The van der Waals surface area contributed by atoms with Crippen molar-refractivity contribution in [3.05, 3.63) is 90.0 Å². The van der Waals surface area contributed by atoms with Gasteiger partial charge in [-0.15, -0.1) is 0 Å². The molecule has 0 aliphatic carbocycles. The average Bonchev–Trinajstić information content (AvgIpc) is 2.80. The fourth-order valence-electron chi connectivity index (χ4n) is 2.70. The van der Waals surface area contributed by atoms with Crippen molar-refractivity contribution in [1.29, 1.82) is 0 Å². The second-order valence-corrected chi connectivity index (χ2v) is 6.50. The van der Waals surface area contributed by atoms with E-state index in [-0.39, 0.29) is 5.91 Å². The number of hydrazone groups is 1. The van der Waals surface area contributed by atoms with Crippen LogP contribution in [-0.4, -0.2) is 31.3 Å². The van der Waals surface area contributed by atoms with E-state index in [1.807, 2.05) is 54.6 Å². The molecule has 0 saturated heterocycles. The Bertz CT molecular complexity index is 1010. The molecule has 0 aliphatic rings. The summed E-state index contributed by atoms with van der Waals surface area (Å²) in [6, 6.07) is 24.2. The van der Waals surface area contributed by atoms with Gasteiger partial charge in [0.15, 0.2) is 6.10 Å². The van der Waals surface area contributed by atoms with Crippen molar-refractivity contribution in [2.24, 2.45) is 5.10 Å². The molecule has 3 aromatic carbocycles. The normalized spacial score (nSPS) is 11.7. The van der Waals surface area contributed by atoms with Crippen molar-refractivity contribution >= 4 is 18.1 Å². The minimum Gasteiger partial charge on any atom is -0.481 e. The van der Waals surface area contributed by atoms with Crippen molar-refractivity contribution in [2.45, 2.75) is 13.0 Å². The lowest BCUT2D eigenvalue weighted by Crippen LogP contribution is -2.33. The number of carbonyl (C=O) groups is 2. The number of ether oxygens (including phenoxy) is 2. The van der Waals surface area contributed by atoms with Crippen molar-refractivity contribution in [3.8, 4) is 16.9 Å². The summed E-state index contributed by atoms with van der Waals surface area (Å²) in [6.07, 6.45) is 0.770. The largest absolute Gasteiger partial charge is 0.481 e. The van der Waals surface area contributed by atoms with Gasteiger partial charge in [0.05, 0.1) is 18.9 Å². The number of amides is 1. The van der Waals surface area contributed by atoms with Crippen LogP contribution in [0, 0.1) is 0 Å². The molecule has 30 heavy (non-hydrogen) atoms. The molecule has 6 nitrogen and oxygen atoms in total. The lowest BCUT2D eigenvalue weighted by atomic mass is 10.1. The molecular formula is C24H22N2O4. The van der Waals surface area contributed by atoms with E-state index in [0.29, 0.717) is 11.3 Å². The molecule has 0 unspecified atom stereocenters. The Balaban J connectivity index is 1.52. The molecule has 0 aliphatic heterocycles. The number of esters is 1. The maximum Gasteiger partial charge on any atom is 0.337 e. The Labute approximate surface area is 175 Å². The fourth-order valence-corrected chi connectivity index (χ4v) is 2.70. The summed E-state index contributed by atoms with van der Waals surface area (Å²) < 4.78 is 10.3. The van der Waals surface area contributed by atoms with Gasteiger partial charge in [0.1, 0.15) is 5.75 Å². The second-order valence-electron chi connectivity index (χ2n) is 6.50. The summed E-state index contributed by atoms with van der Waals surface area (Å²) >= 11 is 0. The lowest BCUT2D eigenvalue weighted by molar-refractivity contribution is -0.127. The molecule has 1 N–H and O–H groups in total. The molecular weight excluding hydrogens is 380 g/mol. The van der Waals surface area contributed by atoms with E-state index in [2.05, 4.69) is 15.3 Å². The van der Waals surface area contributed by atoms with E-state index in [4.69, 9.17) is 4.74 Å². The monoisotopic (exact) mass is 402 g/mol. The first-order chi connectivity index (χ1) is 14.6. The van der Waals surface area contributed by atoms with Crippen molar-refractivity contribution < 1.29 is 19.1 Å². The van der Waals surface area contributed by atoms with Crippen LogP contribution in [0.15, 0.2) is 84.0 Å². The Morgan fingerprint density at radius 1 is 0.900 bits per heavy atom. The van der Waals surface area contributed by atoms with Crippen LogP contribution in [0.25, 0.3) is 11.1 Å². The molecule has 0 spiro atoms. The number of hydrogen-bond acceptors (Lipinski definition) is 5. The van der Waals surface area contributed by atoms with Gasteiger partial charge in [0, 0.05) is 0 Å². The predicted octanol–water partition coefficient (Wildman–Crippen LogP) is 4.06. The molecule has 0 saturated carbocycles. The molecule has 1 atom stereocenters. The summed E-state index contributed by atoms with van der Waals surface area (Å²) in [4.78, 5) is 23.6. The first-order valence-electron chi connectivity index (χ1n) is 9.40. The molecule has 6 heteroatoms. The number of methoxy groups -OCH3 is 1. The number of carbonyl (C=O) groups excluding carboxylic acids is 2. The highest BCUT2D eigenvalue weighted by Gasteiger charge is 2.14. The Morgan fingerprint density at radius 2 is 1.53 bits per heavy atom. The van der Waals surface area contributed by atoms with E-state index in [1.165, 1.54) is 13.3 Å². The molecule has 1 amide bonds. The molecule has 0 heterocycles. The highest BCUT2D eigenvalue weighted by atomic mass is 16.5. The van der Waals surface area contributed by atoms with Crippen molar-refractivity contribution in [1.82, 2.24) is 5.43 Å². The first kappa shape index (κ1) is 20.8. The standard InChI is InChI=1S/C24H22N2O4/c1-17(30-22-14-12-20(13-15-22)19-6-4-3-5-7-19)23(27)26-25-16-18-8-10-21(11-9-18)24(28)29-2/h3-17H,1-2H3,(H,26,27)/b25-16-/t17-/m1/s1. The third-order valence-electron chi connectivity index (χ3n) is 4.36. The summed E-state index contributed by atoms with van der Waals surface area (Å²) in [7, 11) is 1.33. The van der Waals surface area contributed by atoms with Gasteiger partial charge in [-0.25, -0.2) is 10.2 Å². The summed E-state index contributed by atoms with van der Waals surface area (Å²) in [6.45, 7) is 1.65. The van der Waals surface area contributed by atoms with Crippen molar-refractivity contribution in [3.63, 3.8) is 0 Å². The Hall–Kier alpha value is -3.93. The Morgan fingerprint density at radius 3 is 2.17 bits per heavy atom. The molecule has 3 rings (SSSR count). The quantitative estimate of drug-likeness (QED) is 0.367. The zero-order valence-corrected chi connectivity index (χ0v) is 16.7. The van der Waals surface area contributed by atoms with Gasteiger partial charge in [0.2, 0.25) is 0 Å². The van der Waals surface area contributed by atoms with E-state index < -0.39 is 12.1 Å². The van der Waals surface area contributed by atoms with Crippen LogP contribution in [0.5, 0.6) is 5.75 Å².